The minimum Gasteiger partial charge on any atom is -0.466 e. The van der Waals surface area contributed by atoms with Crippen LogP contribution in [0.2, 0.25) is 0 Å². The molecule has 0 aromatic heterocycles. The Morgan fingerprint density at radius 2 is 1.91 bits per heavy atom. The third-order valence-corrected chi connectivity index (χ3v) is 7.44. The van der Waals surface area contributed by atoms with Crippen molar-refractivity contribution < 1.29 is 14.3 Å². The van der Waals surface area contributed by atoms with Crippen LogP contribution in [-0.2, 0) is 9.53 Å². The van der Waals surface area contributed by atoms with Gasteiger partial charge in [0.2, 0.25) is 0 Å². The summed E-state index contributed by atoms with van der Waals surface area (Å²) in [5, 5.41) is 6.08. The van der Waals surface area contributed by atoms with Crippen LogP contribution in [-0.4, -0.2) is 41.4 Å². The van der Waals surface area contributed by atoms with Gasteiger partial charge in [-0.25, -0.2) is 9.79 Å². The van der Waals surface area contributed by atoms with E-state index in [0.717, 1.165) is 45.9 Å². The molecule has 0 unspecified atom stereocenters. The minimum atomic E-state index is -0.365. The molecule has 1 amide bonds. The number of thioether (sulfide) groups is 1. The number of methoxy groups -OCH3 is 1. The minimum absolute atomic E-state index is 0.176. The lowest BCUT2D eigenvalue weighted by Crippen LogP contribution is -2.42. The highest BCUT2D eigenvalue weighted by Gasteiger charge is 2.38. The molecule has 1 atom stereocenters. The highest BCUT2D eigenvalue weighted by atomic mass is 32.2. The Morgan fingerprint density at radius 3 is 2.71 bits per heavy atom. The number of amides is 1. The topological polar surface area (TPSA) is 71.0 Å². The quantitative estimate of drug-likeness (QED) is 0.464. The number of aliphatic imine (C=N–C) groups is 1. The third-order valence-electron chi connectivity index (χ3n) is 6.36. The van der Waals surface area contributed by atoms with Gasteiger partial charge in [-0.3, -0.25) is 4.79 Å². The number of nitrogens with zero attached hydrogens (tertiary/aromatic N) is 2. The highest BCUT2D eigenvalue weighted by Crippen LogP contribution is 2.41. The highest BCUT2D eigenvalue weighted by molar-refractivity contribution is 8.13. The monoisotopic (exact) mass is 485 g/mol. The van der Waals surface area contributed by atoms with E-state index in [1.165, 1.54) is 7.11 Å². The molecule has 178 valence electrons. The van der Waals surface area contributed by atoms with E-state index >= 15 is 0 Å². The van der Waals surface area contributed by atoms with Crippen molar-refractivity contribution in [3.8, 4) is 0 Å². The zero-order valence-corrected chi connectivity index (χ0v) is 20.6. The van der Waals surface area contributed by atoms with Crippen molar-refractivity contribution in [1.82, 2.24) is 4.90 Å². The van der Waals surface area contributed by atoms with Gasteiger partial charge in [0.05, 0.1) is 24.4 Å². The second-order valence-corrected chi connectivity index (χ2v) is 9.60. The van der Waals surface area contributed by atoms with Gasteiger partial charge in [-0.15, -0.1) is 0 Å². The zero-order chi connectivity index (χ0) is 24.4. The van der Waals surface area contributed by atoms with Gasteiger partial charge in [-0.05, 0) is 53.4 Å². The number of ether oxygens (including phenoxy) is 1. The molecule has 0 bridgehead atoms. The molecular weight excluding hydrogens is 458 g/mol. The zero-order valence-electron chi connectivity index (χ0n) is 19.8. The van der Waals surface area contributed by atoms with Crippen molar-refractivity contribution in [2.24, 2.45) is 4.99 Å². The van der Waals surface area contributed by atoms with E-state index in [1.807, 2.05) is 73.7 Å². The van der Waals surface area contributed by atoms with E-state index in [9.17, 15) is 9.59 Å². The fourth-order valence-electron chi connectivity index (χ4n) is 4.68. The molecule has 35 heavy (non-hydrogen) atoms. The molecular formula is C28H27N3O3S. The summed E-state index contributed by atoms with van der Waals surface area (Å²) in [5.74, 6) is 0.468. The van der Waals surface area contributed by atoms with Crippen LogP contribution in [0.15, 0.2) is 83.0 Å². The fourth-order valence-corrected chi connectivity index (χ4v) is 5.67. The summed E-state index contributed by atoms with van der Waals surface area (Å²) in [6.45, 7) is 2.81. The number of esters is 1. The van der Waals surface area contributed by atoms with Crippen LogP contribution in [0.5, 0.6) is 0 Å². The van der Waals surface area contributed by atoms with E-state index in [0.29, 0.717) is 23.2 Å². The third kappa shape index (κ3) is 4.56. The number of amidine groups is 1. The number of nitrogens with one attached hydrogen (secondary N) is 1. The Hall–Kier alpha value is -3.58. The van der Waals surface area contributed by atoms with Crippen LogP contribution in [0.25, 0.3) is 10.8 Å². The maximum Gasteiger partial charge on any atom is 0.338 e. The molecule has 3 aromatic rings. The van der Waals surface area contributed by atoms with Crippen LogP contribution in [0.4, 0.5) is 5.69 Å². The van der Waals surface area contributed by atoms with Crippen molar-refractivity contribution in [2.45, 2.75) is 25.8 Å². The number of benzene rings is 3. The second kappa shape index (κ2) is 9.96. The standard InChI is InChI=1S/C28H27N3O3S/c1-3-23-24(27(33)34-2)25(31-14-7-15-35-28(31)30-23)20-10-6-11-22(17-20)29-26(32)21-13-12-18-8-4-5-9-19(18)16-21/h4-6,8-13,16-17,25H,3,7,14-15H2,1-2H3,(H,29,32)/t25-/m0/s1. The Bertz CT molecular complexity index is 1360. The maximum absolute atomic E-state index is 13.1. The van der Waals surface area contributed by atoms with E-state index < -0.39 is 0 Å². The van der Waals surface area contributed by atoms with Gasteiger partial charge < -0.3 is 15.0 Å². The average Bonchev–Trinajstić information content (AvgIpc) is 2.91. The number of fused-ring (bicyclic) bond motifs is 2. The number of carbonyl (C=O) groups excluding carboxylic acids is 2. The molecule has 2 aliphatic rings. The van der Waals surface area contributed by atoms with Gasteiger partial charge >= 0.3 is 5.97 Å². The predicted octanol–water partition coefficient (Wildman–Crippen LogP) is 5.78. The van der Waals surface area contributed by atoms with Crippen molar-refractivity contribution in [3.63, 3.8) is 0 Å². The molecule has 3 aromatic carbocycles. The summed E-state index contributed by atoms with van der Waals surface area (Å²) >= 11 is 1.72. The molecule has 0 saturated carbocycles. The Labute approximate surface area is 209 Å². The molecule has 1 saturated heterocycles. The SMILES string of the molecule is CCC1=C(C(=O)OC)[C@H](c2cccc(NC(=O)c3ccc4ccccc4c3)c2)N2CCCSC2=N1. The van der Waals surface area contributed by atoms with Crippen LogP contribution in [0, 0.1) is 0 Å². The number of hydrogen-bond donors (Lipinski definition) is 1. The van der Waals surface area contributed by atoms with Gasteiger partial charge in [0, 0.05) is 23.5 Å². The Balaban J connectivity index is 1.48. The van der Waals surface area contributed by atoms with Crippen molar-refractivity contribution >= 4 is 45.3 Å². The first-order valence-electron chi connectivity index (χ1n) is 11.8. The number of allylic oxidation sites excluding steroid dienone is 1. The molecule has 1 N–H and O–H groups in total. The summed E-state index contributed by atoms with van der Waals surface area (Å²) in [6.07, 6.45) is 1.64. The molecule has 2 heterocycles. The molecule has 0 aliphatic carbocycles. The molecule has 0 spiro atoms. The van der Waals surface area contributed by atoms with Gasteiger partial charge in [0.25, 0.3) is 5.91 Å². The molecule has 2 aliphatic heterocycles. The summed E-state index contributed by atoms with van der Waals surface area (Å²) in [4.78, 5) is 32.9. The molecule has 6 nitrogen and oxygen atoms in total. The lowest BCUT2D eigenvalue weighted by Gasteiger charge is -2.40. The molecule has 7 heteroatoms. The number of anilines is 1. The first-order chi connectivity index (χ1) is 17.1. The van der Waals surface area contributed by atoms with Crippen molar-refractivity contribution in [2.75, 3.05) is 24.7 Å². The van der Waals surface area contributed by atoms with E-state index in [-0.39, 0.29) is 17.9 Å². The first-order valence-corrected chi connectivity index (χ1v) is 12.8. The van der Waals surface area contributed by atoms with Crippen LogP contribution >= 0.6 is 11.8 Å². The lowest BCUT2D eigenvalue weighted by atomic mass is 9.93. The van der Waals surface area contributed by atoms with Gasteiger partial charge in [0.1, 0.15) is 0 Å². The average molecular weight is 486 g/mol. The summed E-state index contributed by atoms with van der Waals surface area (Å²) in [5.41, 5.74) is 3.52. The normalized spacial score (nSPS) is 17.6. The lowest BCUT2D eigenvalue weighted by molar-refractivity contribution is -0.137. The summed E-state index contributed by atoms with van der Waals surface area (Å²) in [7, 11) is 1.41. The largest absolute Gasteiger partial charge is 0.466 e. The predicted molar refractivity (Wildman–Crippen MR) is 142 cm³/mol. The van der Waals surface area contributed by atoms with Gasteiger partial charge in [-0.2, -0.15) is 0 Å². The van der Waals surface area contributed by atoms with Crippen molar-refractivity contribution in [1.29, 1.82) is 0 Å². The smallest absolute Gasteiger partial charge is 0.338 e. The number of hydrogen-bond acceptors (Lipinski definition) is 6. The Morgan fingerprint density at radius 1 is 1.09 bits per heavy atom. The maximum atomic E-state index is 13.1. The second-order valence-electron chi connectivity index (χ2n) is 8.54. The van der Waals surface area contributed by atoms with E-state index in [1.54, 1.807) is 11.8 Å². The molecule has 0 radical (unpaired) electrons. The molecule has 1 fully saturated rings. The van der Waals surface area contributed by atoms with E-state index in [2.05, 4.69) is 10.2 Å². The summed E-state index contributed by atoms with van der Waals surface area (Å²) < 4.78 is 5.17. The van der Waals surface area contributed by atoms with Gasteiger partial charge in [-0.1, -0.05) is 61.2 Å². The summed E-state index contributed by atoms with van der Waals surface area (Å²) in [6, 6.07) is 21.1. The fraction of sp³-hybridized carbons (Fsp3) is 0.250. The van der Waals surface area contributed by atoms with Crippen LogP contribution < -0.4 is 5.32 Å². The Kier molecular flexibility index (Phi) is 6.59. The van der Waals surface area contributed by atoms with E-state index in [4.69, 9.17) is 9.73 Å². The number of rotatable bonds is 5. The number of carbonyl (C=O) groups is 2. The van der Waals surface area contributed by atoms with Crippen LogP contribution in [0.1, 0.15) is 41.7 Å². The first kappa shape index (κ1) is 23.2. The van der Waals surface area contributed by atoms with Crippen LogP contribution in [0.3, 0.4) is 0 Å². The van der Waals surface area contributed by atoms with Gasteiger partial charge in [0.15, 0.2) is 5.17 Å². The van der Waals surface area contributed by atoms with Crippen molar-refractivity contribution in [3.05, 3.63) is 89.1 Å². The molecule has 5 rings (SSSR count).